The molecule has 10 nitrogen and oxygen atoms in total. The average Bonchev–Trinajstić information content (AvgIpc) is 3.71. The molecule has 1 aliphatic rings. The Kier molecular flexibility index (Phi) is 8.18. The van der Waals surface area contributed by atoms with Crippen LogP contribution in [-0.4, -0.2) is 55.6 Å². The van der Waals surface area contributed by atoms with Crippen molar-refractivity contribution in [1.29, 1.82) is 0 Å². The number of fused-ring (bicyclic) bond motifs is 1. The number of carboxylic acids is 1. The van der Waals surface area contributed by atoms with Crippen LogP contribution >= 0.6 is 11.3 Å². The molecule has 1 N–H and O–H groups in total. The molecule has 1 fully saturated rings. The van der Waals surface area contributed by atoms with Gasteiger partial charge in [0.2, 0.25) is 5.88 Å². The quantitative estimate of drug-likeness (QED) is 0.177. The number of pyridine rings is 1. The number of imidazole rings is 1. The maximum Gasteiger partial charge on any atom is 0.335 e. The number of rotatable bonds is 10. The van der Waals surface area contributed by atoms with Crippen LogP contribution < -0.4 is 9.47 Å². The number of halogens is 3. The Morgan fingerprint density at radius 2 is 1.93 bits per heavy atom. The first kappa shape index (κ1) is 30.5. The number of nitrogens with zero attached hydrogens (tertiary/aromatic N) is 5. The van der Waals surface area contributed by atoms with E-state index in [4.69, 9.17) is 14.2 Å². The standard InChI is InChI=1S/C31H28F3N5O5S/c1-4-43-30-38-37-26(45-30)14-44-25-7-5-6-20(36-25)18-11-19(32)17(27(33)28(18)34)12-24-35-21-9-8-16(29(40)41)10-22(21)39(24)23-13-42-15-31(23,2)3/h5-11,23H,4,12-15H2,1-3H3,(H,40,41). The van der Waals surface area contributed by atoms with Crippen LogP contribution in [0.5, 0.6) is 11.1 Å². The molecule has 4 heterocycles. The van der Waals surface area contributed by atoms with Gasteiger partial charge >= 0.3 is 5.97 Å². The van der Waals surface area contributed by atoms with Crippen molar-refractivity contribution in [2.24, 2.45) is 5.41 Å². The highest BCUT2D eigenvalue weighted by molar-refractivity contribution is 7.13. The Labute approximate surface area is 259 Å². The van der Waals surface area contributed by atoms with Crippen molar-refractivity contribution < 1.29 is 37.3 Å². The van der Waals surface area contributed by atoms with E-state index in [1.807, 2.05) is 20.8 Å². The van der Waals surface area contributed by atoms with E-state index in [1.54, 1.807) is 10.6 Å². The molecule has 0 bridgehead atoms. The largest absolute Gasteiger partial charge is 0.478 e. The molecule has 0 aliphatic carbocycles. The fourth-order valence-corrected chi connectivity index (χ4v) is 5.99. The highest BCUT2D eigenvalue weighted by Gasteiger charge is 2.39. The second kappa shape index (κ2) is 12.1. The van der Waals surface area contributed by atoms with Gasteiger partial charge in [-0.1, -0.05) is 36.3 Å². The van der Waals surface area contributed by atoms with Gasteiger partial charge in [-0.15, -0.1) is 5.10 Å². The molecular weight excluding hydrogens is 611 g/mol. The van der Waals surface area contributed by atoms with E-state index in [9.17, 15) is 9.90 Å². The Morgan fingerprint density at radius 1 is 1.11 bits per heavy atom. The van der Waals surface area contributed by atoms with E-state index in [1.165, 1.54) is 41.7 Å². The lowest BCUT2D eigenvalue weighted by Crippen LogP contribution is -2.27. The highest BCUT2D eigenvalue weighted by Crippen LogP contribution is 2.41. The molecule has 5 aromatic rings. The first-order valence-corrected chi connectivity index (χ1v) is 14.9. The lowest BCUT2D eigenvalue weighted by molar-refractivity contribution is 0.0697. The number of benzene rings is 2. The van der Waals surface area contributed by atoms with Crippen molar-refractivity contribution in [1.82, 2.24) is 24.7 Å². The van der Waals surface area contributed by atoms with Gasteiger partial charge < -0.3 is 23.9 Å². The summed E-state index contributed by atoms with van der Waals surface area (Å²) in [6.45, 7) is 6.96. The number of aromatic nitrogens is 5. The third-order valence-electron chi connectivity index (χ3n) is 7.62. The summed E-state index contributed by atoms with van der Waals surface area (Å²) in [6.07, 6.45) is -0.388. The normalized spacial score (nSPS) is 15.9. The SMILES string of the molecule is CCOc1nnc(COc2cccc(-c3cc(F)c(Cc4nc5ccc(C(=O)O)cc5n4C4COCC4(C)C)c(F)c3F)n2)s1. The first-order valence-electron chi connectivity index (χ1n) is 14.1. The highest BCUT2D eigenvalue weighted by atomic mass is 32.1. The van der Waals surface area contributed by atoms with Gasteiger partial charge in [-0.2, -0.15) is 0 Å². The zero-order chi connectivity index (χ0) is 31.9. The van der Waals surface area contributed by atoms with Gasteiger partial charge in [-0.25, -0.2) is 27.9 Å². The lowest BCUT2D eigenvalue weighted by atomic mass is 9.87. The number of carboxylic acid groups (broad SMARTS) is 1. The van der Waals surface area contributed by atoms with Gasteiger partial charge in [-0.05, 0) is 37.3 Å². The number of carbonyl (C=O) groups is 1. The van der Waals surface area contributed by atoms with Crippen molar-refractivity contribution in [2.75, 3.05) is 19.8 Å². The lowest BCUT2D eigenvalue weighted by Gasteiger charge is -2.28. The Balaban J connectivity index is 1.33. The number of aromatic carboxylic acids is 1. The topological polar surface area (TPSA) is 121 Å². The zero-order valence-electron chi connectivity index (χ0n) is 24.5. The summed E-state index contributed by atoms with van der Waals surface area (Å²) >= 11 is 1.20. The third-order valence-corrected chi connectivity index (χ3v) is 8.43. The van der Waals surface area contributed by atoms with Crippen LogP contribution in [-0.2, 0) is 17.8 Å². The third kappa shape index (κ3) is 5.94. The van der Waals surface area contributed by atoms with Crippen LogP contribution in [0, 0.1) is 22.9 Å². The van der Waals surface area contributed by atoms with Crippen molar-refractivity contribution in [3.63, 3.8) is 0 Å². The smallest absolute Gasteiger partial charge is 0.335 e. The van der Waals surface area contributed by atoms with E-state index in [-0.39, 0.29) is 54.2 Å². The van der Waals surface area contributed by atoms with Crippen LogP contribution in [0.4, 0.5) is 13.2 Å². The Morgan fingerprint density at radius 3 is 2.67 bits per heavy atom. The molecule has 1 saturated heterocycles. The van der Waals surface area contributed by atoms with Gasteiger partial charge in [0.25, 0.3) is 5.19 Å². The number of hydrogen-bond acceptors (Lipinski definition) is 9. The minimum absolute atomic E-state index is 0.0170. The summed E-state index contributed by atoms with van der Waals surface area (Å²) in [7, 11) is 0. The zero-order valence-corrected chi connectivity index (χ0v) is 25.3. The van der Waals surface area contributed by atoms with Gasteiger partial charge in [-0.3, -0.25) is 0 Å². The predicted molar refractivity (Wildman–Crippen MR) is 158 cm³/mol. The van der Waals surface area contributed by atoms with Gasteiger partial charge in [0.15, 0.2) is 16.6 Å². The summed E-state index contributed by atoms with van der Waals surface area (Å²) in [4.78, 5) is 20.5. The van der Waals surface area contributed by atoms with E-state index >= 15 is 13.2 Å². The average molecular weight is 640 g/mol. The van der Waals surface area contributed by atoms with Crippen LogP contribution in [0.3, 0.4) is 0 Å². The molecule has 6 rings (SSSR count). The van der Waals surface area contributed by atoms with E-state index in [0.717, 1.165) is 6.07 Å². The fraction of sp³-hybridized carbons (Fsp3) is 0.323. The summed E-state index contributed by atoms with van der Waals surface area (Å²) in [5.74, 6) is -4.41. The molecular formula is C31H28F3N5O5S. The molecule has 2 aromatic carbocycles. The molecule has 0 amide bonds. The summed E-state index contributed by atoms with van der Waals surface area (Å²) in [5.41, 5.74) is -0.351. The Hall–Kier alpha value is -4.56. The molecule has 1 unspecified atom stereocenters. The van der Waals surface area contributed by atoms with Crippen molar-refractivity contribution >= 4 is 28.3 Å². The molecule has 45 heavy (non-hydrogen) atoms. The summed E-state index contributed by atoms with van der Waals surface area (Å²) in [6, 6.07) is 9.50. The van der Waals surface area contributed by atoms with Gasteiger partial charge in [0.05, 0.1) is 48.2 Å². The molecule has 0 spiro atoms. The Bertz CT molecular complexity index is 1910. The summed E-state index contributed by atoms with van der Waals surface area (Å²) in [5, 5.41) is 18.3. The van der Waals surface area contributed by atoms with E-state index in [0.29, 0.717) is 34.4 Å². The molecule has 0 saturated carbocycles. The molecule has 234 valence electrons. The fourth-order valence-electron chi connectivity index (χ4n) is 5.33. The molecule has 1 atom stereocenters. The predicted octanol–water partition coefficient (Wildman–Crippen LogP) is 6.23. The van der Waals surface area contributed by atoms with E-state index in [2.05, 4.69) is 20.2 Å². The molecule has 1 aliphatic heterocycles. The van der Waals surface area contributed by atoms with Gasteiger partial charge in [0, 0.05) is 29.0 Å². The van der Waals surface area contributed by atoms with E-state index < -0.39 is 34.4 Å². The first-order chi connectivity index (χ1) is 21.6. The molecule has 3 aromatic heterocycles. The molecule has 0 radical (unpaired) electrons. The maximum absolute atomic E-state index is 15.7. The van der Waals surface area contributed by atoms with Crippen molar-refractivity contribution in [3.05, 3.63) is 81.9 Å². The monoisotopic (exact) mass is 639 g/mol. The number of hydrogen-bond donors (Lipinski definition) is 1. The second-order valence-electron chi connectivity index (χ2n) is 11.2. The maximum atomic E-state index is 15.7. The minimum Gasteiger partial charge on any atom is -0.478 e. The second-order valence-corrected chi connectivity index (χ2v) is 12.2. The van der Waals surface area contributed by atoms with Crippen molar-refractivity contribution in [3.8, 4) is 22.3 Å². The van der Waals surface area contributed by atoms with Crippen LogP contribution in [0.1, 0.15) is 53.6 Å². The molecule has 14 heteroatoms. The minimum atomic E-state index is -1.37. The van der Waals surface area contributed by atoms with Crippen molar-refractivity contribution in [2.45, 2.75) is 39.8 Å². The summed E-state index contributed by atoms with van der Waals surface area (Å²) < 4.78 is 65.4. The number of ether oxygens (including phenoxy) is 3. The van der Waals surface area contributed by atoms with Gasteiger partial charge in [0.1, 0.15) is 18.2 Å². The van der Waals surface area contributed by atoms with Crippen LogP contribution in [0.15, 0.2) is 42.5 Å². The van der Waals surface area contributed by atoms with Crippen LogP contribution in [0.2, 0.25) is 0 Å². The van der Waals surface area contributed by atoms with Crippen LogP contribution in [0.25, 0.3) is 22.3 Å².